The van der Waals surface area contributed by atoms with E-state index in [1.54, 1.807) is 13.0 Å². The summed E-state index contributed by atoms with van der Waals surface area (Å²) in [6.45, 7) is 5.06. The maximum absolute atomic E-state index is 9.55. The van der Waals surface area contributed by atoms with Crippen LogP contribution in [0.4, 0.5) is 5.69 Å². The van der Waals surface area contributed by atoms with E-state index in [0.717, 1.165) is 17.8 Å². The number of morpholine rings is 1. The average molecular weight is 286 g/mol. The summed E-state index contributed by atoms with van der Waals surface area (Å²) in [5, 5.41) is 19.4. The van der Waals surface area contributed by atoms with Gasteiger partial charge in [-0.1, -0.05) is 17.7 Å². The summed E-state index contributed by atoms with van der Waals surface area (Å²) in [5.74, 6) is 0. The minimum absolute atomic E-state index is 0.00418. The molecule has 2 N–H and O–H groups in total. The summed E-state index contributed by atoms with van der Waals surface area (Å²) < 4.78 is 5.61. The van der Waals surface area contributed by atoms with Crippen LogP contribution in [0.25, 0.3) is 0 Å². The Morgan fingerprint density at radius 1 is 1.47 bits per heavy atom. The van der Waals surface area contributed by atoms with Gasteiger partial charge in [0, 0.05) is 13.1 Å². The molecule has 1 aromatic rings. The maximum Gasteiger partial charge on any atom is 0.0984 e. The molecule has 0 saturated carbocycles. The van der Waals surface area contributed by atoms with Gasteiger partial charge in [-0.2, -0.15) is 0 Å². The van der Waals surface area contributed by atoms with Crippen LogP contribution >= 0.6 is 11.6 Å². The van der Waals surface area contributed by atoms with Crippen molar-refractivity contribution in [2.45, 2.75) is 32.2 Å². The fraction of sp³-hybridized carbons (Fsp3) is 0.571. The van der Waals surface area contributed by atoms with E-state index < -0.39 is 6.10 Å². The molecule has 4 nitrogen and oxygen atoms in total. The Bertz CT molecular complexity index is 439. The number of halogens is 1. The minimum Gasteiger partial charge on any atom is -0.394 e. The van der Waals surface area contributed by atoms with Crippen molar-refractivity contribution >= 4 is 17.3 Å². The van der Waals surface area contributed by atoms with E-state index in [0.29, 0.717) is 11.6 Å². The van der Waals surface area contributed by atoms with Gasteiger partial charge >= 0.3 is 0 Å². The lowest BCUT2D eigenvalue weighted by Gasteiger charge is -2.38. The Labute approximate surface area is 118 Å². The zero-order valence-corrected chi connectivity index (χ0v) is 12.0. The van der Waals surface area contributed by atoms with Gasteiger partial charge in [0.15, 0.2) is 0 Å². The number of hydrogen-bond donors (Lipinski definition) is 2. The molecule has 1 saturated heterocycles. The van der Waals surface area contributed by atoms with E-state index in [1.165, 1.54) is 0 Å². The first-order valence-corrected chi connectivity index (χ1v) is 6.87. The van der Waals surface area contributed by atoms with E-state index in [1.807, 2.05) is 19.1 Å². The molecule has 5 heteroatoms. The van der Waals surface area contributed by atoms with Crippen LogP contribution in [0.2, 0.25) is 5.02 Å². The van der Waals surface area contributed by atoms with Crippen molar-refractivity contribution in [2.24, 2.45) is 0 Å². The molecular formula is C14H20ClNO3. The number of nitrogens with zero attached hydrogens (tertiary/aromatic N) is 1. The first-order valence-electron chi connectivity index (χ1n) is 6.50. The molecule has 0 spiro atoms. The van der Waals surface area contributed by atoms with Crippen LogP contribution in [0, 0.1) is 0 Å². The van der Waals surface area contributed by atoms with Crippen LogP contribution in [-0.4, -0.2) is 42.1 Å². The SMILES string of the molecule is CC1CN(c2ccc([C@H](C)O)cc2Cl)CC(CO)O1. The van der Waals surface area contributed by atoms with E-state index in [-0.39, 0.29) is 18.8 Å². The third-order valence-electron chi connectivity index (χ3n) is 3.32. The highest BCUT2D eigenvalue weighted by atomic mass is 35.5. The third kappa shape index (κ3) is 3.39. The molecule has 2 unspecified atom stereocenters. The fourth-order valence-electron chi connectivity index (χ4n) is 2.38. The number of ether oxygens (including phenoxy) is 1. The van der Waals surface area contributed by atoms with Gasteiger partial charge < -0.3 is 19.8 Å². The van der Waals surface area contributed by atoms with Crippen molar-refractivity contribution in [3.63, 3.8) is 0 Å². The van der Waals surface area contributed by atoms with Crippen LogP contribution in [0.1, 0.15) is 25.5 Å². The van der Waals surface area contributed by atoms with Crippen molar-refractivity contribution in [1.29, 1.82) is 0 Å². The highest BCUT2D eigenvalue weighted by molar-refractivity contribution is 6.33. The number of anilines is 1. The molecule has 19 heavy (non-hydrogen) atoms. The topological polar surface area (TPSA) is 52.9 Å². The van der Waals surface area contributed by atoms with Crippen LogP contribution in [0.3, 0.4) is 0 Å². The number of rotatable bonds is 3. The molecule has 106 valence electrons. The molecular weight excluding hydrogens is 266 g/mol. The van der Waals surface area contributed by atoms with Crippen LogP contribution in [0.5, 0.6) is 0 Å². The van der Waals surface area contributed by atoms with Gasteiger partial charge in [0.1, 0.15) is 0 Å². The highest BCUT2D eigenvalue weighted by Crippen LogP contribution is 2.31. The highest BCUT2D eigenvalue weighted by Gasteiger charge is 2.26. The second-order valence-corrected chi connectivity index (χ2v) is 5.45. The summed E-state index contributed by atoms with van der Waals surface area (Å²) in [7, 11) is 0. The molecule has 0 amide bonds. The normalized spacial score (nSPS) is 25.4. The standard InChI is InChI=1S/C14H20ClNO3/c1-9-6-16(7-12(8-17)19-9)14-4-3-11(10(2)18)5-13(14)15/h3-5,9-10,12,17-18H,6-8H2,1-2H3/t9?,10-,12?/m0/s1. The van der Waals surface area contributed by atoms with E-state index in [9.17, 15) is 10.2 Å². The van der Waals surface area contributed by atoms with Crippen molar-refractivity contribution in [2.75, 3.05) is 24.6 Å². The first kappa shape index (κ1) is 14.6. The first-order chi connectivity index (χ1) is 9.01. The number of hydrogen-bond acceptors (Lipinski definition) is 4. The van der Waals surface area contributed by atoms with Gasteiger partial charge in [0.2, 0.25) is 0 Å². The summed E-state index contributed by atoms with van der Waals surface area (Å²) in [4.78, 5) is 2.11. The van der Waals surface area contributed by atoms with Crippen LogP contribution < -0.4 is 4.90 Å². The Morgan fingerprint density at radius 3 is 2.79 bits per heavy atom. The average Bonchev–Trinajstić information content (AvgIpc) is 2.37. The van der Waals surface area contributed by atoms with Gasteiger partial charge in [-0.3, -0.25) is 0 Å². The zero-order chi connectivity index (χ0) is 14.0. The van der Waals surface area contributed by atoms with Crippen molar-refractivity contribution in [3.8, 4) is 0 Å². The lowest BCUT2D eigenvalue weighted by atomic mass is 10.1. The smallest absolute Gasteiger partial charge is 0.0984 e. The van der Waals surface area contributed by atoms with Gasteiger partial charge in [-0.05, 0) is 31.5 Å². The van der Waals surface area contributed by atoms with Crippen molar-refractivity contribution < 1.29 is 14.9 Å². The molecule has 1 aromatic carbocycles. The second-order valence-electron chi connectivity index (χ2n) is 5.04. The van der Waals surface area contributed by atoms with E-state index in [2.05, 4.69) is 4.90 Å². The lowest BCUT2D eigenvalue weighted by molar-refractivity contribution is -0.0421. The largest absolute Gasteiger partial charge is 0.394 e. The monoisotopic (exact) mass is 285 g/mol. The van der Waals surface area contributed by atoms with Crippen molar-refractivity contribution in [3.05, 3.63) is 28.8 Å². The van der Waals surface area contributed by atoms with Crippen LogP contribution in [-0.2, 0) is 4.74 Å². The van der Waals surface area contributed by atoms with Gasteiger partial charge in [-0.15, -0.1) is 0 Å². The summed E-state index contributed by atoms with van der Waals surface area (Å²) in [5.41, 5.74) is 1.72. The van der Waals surface area contributed by atoms with Gasteiger partial charge in [0.25, 0.3) is 0 Å². The Hall–Kier alpha value is -0.810. The molecule has 0 bridgehead atoms. The Kier molecular flexibility index (Phi) is 4.68. The van der Waals surface area contributed by atoms with Crippen LogP contribution in [0.15, 0.2) is 18.2 Å². The Balaban J connectivity index is 2.21. The Morgan fingerprint density at radius 2 is 2.21 bits per heavy atom. The fourth-order valence-corrected chi connectivity index (χ4v) is 2.69. The quantitative estimate of drug-likeness (QED) is 0.892. The molecule has 1 heterocycles. The number of aliphatic hydroxyl groups is 2. The lowest BCUT2D eigenvalue weighted by Crippen LogP contribution is -2.48. The van der Waals surface area contributed by atoms with Crippen molar-refractivity contribution in [1.82, 2.24) is 0 Å². The maximum atomic E-state index is 9.55. The number of aliphatic hydroxyl groups excluding tert-OH is 2. The number of benzene rings is 1. The molecule has 1 aliphatic heterocycles. The molecule has 0 aliphatic carbocycles. The summed E-state index contributed by atoms with van der Waals surface area (Å²) >= 11 is 6.29. The molecule has 0 aromatic heterocycles. The van der Waals surface area contributed by atoms with Gasteiger partial charge in [0.05, 0.1) is 35.6 Å². The van der Waals surface area contributed by atoms with E-state index >= 15 is 0 Å². The minimum atomic E-state index is -0.527. The third-order valence-corrected chi connectivity index (χ3v) is 3.63. The predicted octanol–water partition coefficient (Wildman–Crippen LogP) is 1.98. The predicted molar refractivity (Wildman–Crippen MR) is 75.7 cm³/mol. The molecule has 2 rings (SSSR count). The summed E-state index contributed by atoms with van der Waals surface area (Å²) in [6, 6.07) is 5.58. The zero-order valence-electron chi connectivity index (χ0n) is 11.2. The summed E-state index contributed by atoms with van der Waals surface area (Å²) in [6.07, 6.45) is -0.657. The van der Waals surface area contributed by atoms with E-state index in [4.69, 9.17) is 16.3 Å². The molecule has 1 aliphatic rings. The van der Waals surface area contributed by atoms with Gasteiger partial charge in [-0.25, -0.2) is 0 Å². The molecule has 1 fully saturated rings. The molecule has 0 radical (unpaired) electrons. The molecule has 3 atom stereocenters. The second kappa shape index (κ2) is 6.09.